The van der Waals surface area contributed by atoms with E-state index in [1.165, 1.54) is 17.3 Å². The number of nitro groups is 1. The topological polar surface area (TPSA) is 58.4 Å². The van der Waals surface area contributed by atoms with Gasteiger partial charge in [-0.25, -0.2) is 0 Å². The third-order valence-electron chi connectivity index (χ3n) is 3.70. The monoisotopic (exact) mass is 283 g/mol. The molecule has 0 fully saturated rings. The summed E-state index contributed by atoms with van der Waals surface area (Å²) in [4.78, 5) is 12.8. The van der Waals surface area contributed by atoms with Gasteiger partial charge in [-0.1, -0.05) is 30.3 Å². The first-order valence-electron chi connectivity index (χ1n) is 7.01. The van der Waals surface area contributed by atoms with E-state index in [1.54, 1.807) is 12.1 Å². The Morgan fingerprint density at radius 3 is 2.90 bits per heavy atom. The number of nitrogens with one attached hydrogen (secondary N) is 1. The Kier molecular flexibility index (Phi) is 3.83. The number of rotatable bonds is 3. The molecule has 0 bridgehead atoms. The summed E-state index contributed by atoms with van der Waals surface area (Å²) in [6.45, 7) is 3.34. The lowest BCUT2D eigenvalue weighted by Crippen LogP contribution is -2.28. The molecule has 2 aromatic carbocycles. The van der Waals surface area contributed by atoms with Gasteiger partial charge in [0.05, 0.1) is 4.92 Å². The zero-order chi connectivity index (χ0) is 14.7. The van der Waals surface area contributed by atoms with Crippen LogP contribution in [0.2, 0.25) is 0 Å². The fourth-order valence-corrected chi connectivity index (χ4v) is 2.68. The fourth-order valence-electron chi connectivity index (χ4n) is 2.68. The Hall–Kier alpha value is -2.40. The Morgan fingerprint density at radius 1 is 1.19 bits per heavy atom. The van der Waals surface area contributed by atoms with Crippen LogP contribution < -0.4 is 10.2 Å². The van der Waals surface area contributed by atoms with Gasteiger partial charge >= 0.3 is 0 Å². The molecule has 0 spiro atoms. The lowest BCUT2D eigenvalue weighted by Gasteiger charge is -2.24. The van der Waals surface area contributed by atoms with Gasteiger partial charge in [-0.15, -0.1) is 0 Å². The quantitative estimate of drug-likeness (QED) is 0.695. The predicted octanol–water partition coefficient (Wildman–Crippen LogP) is 2.70. The highest BCUT2D eigenvalue weighted by Crippen LogP contribution is 2.24. The van der Waals surface area contributed by atoms with Crippen LogP contribution in [0.15, 0.2) is 48.5 Å². The van der Waals surface area contributed by atoms with Crippen molar-refractivity contribution < 1.29 is 4.92 Å². The summed E-state index contributed by atoms with van der Waals surface area (Å²) >= 11 is 0. The van der Waals surface area contributed by atoms with Crippen molar-refractivity contribution in [2.45, 2.75) is 13.1 Å². The molecule has 108 valence electrons. The van der Waals surface area contributed by atoms with Gasteiger partial charge in [0.2, 0.25) is 0 Å². The van der Waals surface area contributed by atoms with Gasteiger partial charge in [-0.05, 0) is 17.2 Å². The first-order valence-corrected chi connectivity index (χ1v) is 7.01. The van der Waals surface area contributed by atoms with E-state index in [-0.39, 0.29) is 10.6 Å². The normalized spacial score (nSPS) is 14.4. The number of anilines is 1. The van der Waals surface area contributed by atoms with E-state index in [9.17, 15) is 10.1 Å². The number of benzene rings is 2. The van der Waals surface area contributed by atoms with E-state index < -0.39 is 0 Å². The van der Waals surface area contributed by atoms with Gasteiger partial charge in [-0.2, -0.15) is 0 Å². The zero-order valence-electron chi connectivity index (χ0n) is 11.7. The molecule has 5 nitrogen and oxygen atoms in total. The maximum atomic E-state index is 10.9. The summed E-state index contributed by atoms with van der Waals surface area (Å²) in [6.07, 6.45) is 0. The van der Waals surface area contributed by atoms with Gasteiger partial charge in [0.15, 0.2) is 0 Å². The summed E-state index contributed by atoms with van der Waals surface area (Å²) in [6, 6.07) is 15.2. The maximum Gasteiger partial charge on any atom is 0.269 e. The molecule has 0 unspecified atom stereocenters. The van der Waals surface area contributed by atoms with E-state index in [2.05, 4.69) is 22.3 Å². The highest BCUT2D eigenvalue weighted by atomic mass is 16.6. The van der Waals surface area contributed by atoms with Crippen LogP contribution in [0.3, 0.4) is 0 Å². The van der Waals surface area contributed by atoms with Crippen LogP contribution in [-0.4, -0.2) is 18.0 Å². The fraction of sp³-hybridized carbons (Fsp3) is 0.250. The molecule has 0 radical (unpaired) electrons. The number of nitro benzene ring substituents is 1. The molecule has 5 heteroatoms. The Morgan fingerprint density at radius 2 is 2.05 bits per heavy atom. The van der Waals surface area contributed by atoms with E-state index in [0.717, 1.165) is 25.2 Å². The van der Waals surface area contributed by atoms with Crippen molar-refractivity contribution in [3.8, 4) is 0 Å². The van der Waals surface area contributed by atoms with E-state index >= 15 is 0 Å². The number of hydrogen-bond acceptors (Lipinski definition) is 4. The molecule has 21 heavy (non-hydrogen) atoms. The largest absolute Gasteiger partial charge is 0.366 e. The minimum atomic E-state index is -0.346. The smallest absolute Gasteiger partial charge is 0.269 e. The van der Waals surface area contributed by atoms with Crippen LogP contribution in [0, 0.1) is 10.1 Å². The molecule has 2 aromatic rings. The highest BCUT2D eigenvalue weighted by Gasteiger charge is 2.15. The van der Waals surface area contributed by atoms with Crippen LogP contribution in [0.25, 0.3) is 0 Å². The third-order valence-corrected chi connectivity index (χ3v) is 3.70. The first kappa shape index (κ1) is 13.6. The summed E-state index contributed by atoms with van der Waals surface area (Å²) < 4.78 is 0. The molecule has 0 saturated heterocycles. The van der Waals surface area contributed by atoms with Gasteiger partial charge in [0.1, 0.15) is 0 Å². The predicted molar refractivity (Wildman–Crippen MR) is 82.3 cm³/mol. The highest BCUT2D eigenvalue weighted by molar-refractivity contribution is 5.55. The van der Waals surface area contributed by atoms with Crippen molar-refractivity contribution in [2.24, 2.45) is 0 Å². The summed E-state index contributed by atoms with van der Waals surface area (Å²) in [5.74, 6) is 0. The van der Waals surface area contributed by atoms with E-state index in [4.69, 9.17) is 0 Å². The molecule has 1 N–H and O–H groups in total. The van der Waals surface area contributed by atoms with Crippen molar-refractivity contribution in [1.82, 2.24) is 5.32 Å². The average molecular weight is 283 g/mol. The second-order valence-corrected chi connectivity index (χ2v) is 5.15. The molecule has 0 aliphatic carbocycles. The second kappa shape index (κ2) is 5.93. The number of para-hydroxylation sites is 1. The molecular weight excluding hydrogens is 266 g/mol. The SMILES string of the molecule is O=[N+]([O-])c1cccc(CN2CCNCc3ccccc32)c1. The van der Waals surface area contributed by atoms with Crippen LogP contribution in [0.4, 0.5) is 11.4 Å². The van der Waals surface area contributed by atoms with Gasteiger partial charge in [-0.3, -0.25) is 10.1 Å². The van der Waals surface area contributed by atoms with Crippen molar-refractivity contribution in [2.75, 3.05) is 18.0 Å². The molecule has 1 heterocycles. The molecular formula is C16H17N3O2. The first-order chi connectivity index (χ1) is 10.2. The molecule has 0 amide bonds. The Balaban J connectivity index is 1.87. The van der Waals surface area contributed by atoms with Gasteiger partial charge in [0.25, 0.3) is 5.69 Å². The van der Waals surface area contributed by atoms with Crippen molar-refractivity contribution in [1.29, 1.82) is 0 Å². The summed E-state index contributed by atoms with van der Waals surface area (Å²) in [5.41, 5.74) is 3.57. The molecule has 0 atom stereocenters. The van der Waals surface area contributed by atoms with Crippen molar-refractivity contribution in [3.05, 3.63) is 69.8 Å². The third kappa shape index (κ3) is 3.03. The number of non-ortho nitro benzene ring substituents is 1. The van der Waals surface area contributed by atoms with Crippen molar-refractivity contribution >= 4 is 11.4 Å². The van der Waals surface area contributed by atoms with Crippen LogP contribution in [0.5, 0.6) is 0 Å². The van der Waals surface area contributed by atoms with E-state index in [1.807, 2.05) is 18.2 Å². The van der Waals surface area contributed by atoms with Gasteiger partial charge in [0, 0.05) is 44.0 Å². The second-order valence-electron chi connectivity index (χ2n) is 5.15. The molecule has 0 saturated carbocycles. The summed E-state index contributed by atoms with van der Waals surface area (Å²) in [5, 5.41) is 14.3. The summed E-state index contributed by atoms with van der Waals surface area (Å²) in [7, 11) is 0. The minimum Gasteiger partial charge on any atom is -0.366 e. The lowest BCUT2D eigenvalue weighted by molar-refractivity contribution is -0.384. The number of nitrogens with zero attached hydrogens (tertiary/aromatic N) is 2. The van der Waals surface area contributed by atoms with Crippen LogP contribution in [-0.2, 0) is 13.1 Å². The maximum absolute atomic E-state index is 10.9. The lowest BCUT2D eigenvalue weighted by atomic mass is 10.1. The van der Waals surface area contributed by atoms with Crippen molar-refractivity contribution in [3.63, 3.8) is 0 Å². The molecule has 1 aliphatic heterocycles. The number of fused-ring (bicyclic) bond motifs is 1. The van der Waals surface area contributed by atoms with Crippen LogP contribution in [0.1, 0.15) is 11.1 Å². The minimum absolute atomic E-state index is 0.147. The Labute approximate surface area is 123 Å². The zero-order valence-corrected chi connectivity index (χ0v) is 11.7. The average Bonchev–Trinajstić information content (AvgIpc) is 2.70. The van der Waals surface area contributed by atoms with Gasteiger partial charge < -0.3 is 10.2 Å². The molecule has 0 aromatic heterocycles. The van der Waals surface area contributed by atoms with Crippen LogP contribution >= 0.6 is 0 Å². The molecule has 1 aliphatic rings. The van der Waals surface area contributed by atoms with E-state index in [0.29, 0.717) is 6.54 Å². The number of hydrogen-bond donors (Lipinski definition) is 1. The Bertz CT molecular complexity index is 657. The standard InChI is InChI=1S/C16H17N3O2/c20-19(21)15-6-3-4-13(10-15)12-18-9-8-17-11-14-5-1-2-7-16(14)18/h1-7,10,17H,8-9,11-12H2. The molecule has 3 rings (SSSR count).